The van der Waals surface area contributed by atoms with E-state index in [9.17, 15) is 19.2 Å². The molecule has 8 N–H and O–H groups in total. The van der Waals surface area contributed by atoms with Crippen molar-refractivity contribution in [1.82, 2.24) is 29.7 Å². The van der Waals surface area contributed by atoms with Crippen LogP contribution >= 0.6 is 0 Å². The summed E-state index contributed by atoms with van der Waals surface area (Å²) in [4.78, 5) is 54.3. The second kappa shape index (κ2) is 21.3. The van der Waals surface area contributed by atoms with Gasteiger partial charge in [0.05, 0.1) is 36.1 Å². The number of methoxy groups -OCH3 is 1. The smallest absolute Gasteiger partial charge is 0.267 e. The maximum atomic E-state index is 12.0. The van der Waals surface area contributed by atoms with Crippen LogP contribution in [0.2, 0.25) is 0 Å². The summed E-state index contributed by atoms with van der Waals surface area (Å²) in [6.07, 6.45) is 7.57. The highest BCUT2D eigenvalue weighted by Gasteiger charge is 2.24. The molecule has 4 aromatic carbocycles. The van der Waals surface area contributed by atoms with Crippen LogP contribution in [0.1, 0.15) is 74.5 Å². The van der Waals surface area contributed by atoms with Crippen LogP contribution in [0.3, 0.4) is 0 Å². The van der Waals surface area contributed by atoms with E-state index < -0.39 is 11.8 Å². The number of pyridine rings is 2. The highest BCUT2D eigenvalue weighted by molar-refractivity contribution is 5.94. The number of hydrogen-bond acceptors (Lipinski definition) is 9. The van der Waals surface area contributed by atoms with Crippen LogP contribution in [-0.2, 0) is 29.2 Å². The molecular formula is C55H57N9O5. The number of ketones is 1. The summed E-state index contributed by atoms with van der Waals surface area (Å²) < 4.78 is 10.0. The molecule has 0 radical (unpaired) electrons. The Balaban J connectivity index is 0.000000165. The molecule has 10 rings (SSSR count). The Morgan fingerprint density at radius 1 is 0.710 bits per heavy atom. The van der Waals surface area contributed by atoms with Crippen molar-refractivity contribution in [2.24, 2.45) is 17.2 Å². The number of rotatable bonds is 12. The van der Waals surface area contributed by atoms with Crippen LogP contribution in [0, 0.1) is 13.8 Å². The van der Waals surface area contributed by atoms with Crippen molar-refractivity contribution in [2.45, 2.75) is 71.2 Å². The lowest BCUT2D eigenvalue weighted by Crippen LogP contribution is -2.35. The van der Waals surface area contributed by atoms with E-state index in [1.54, 1.807) is 31.4 Å². The molecule has 1 aliphatic heterocycles. The molecule has 1 aliphatic carbocycles. The van der Waals surface area contributed by atoms with Gasteiger partial charge in [0.25, 0.3) is 11.8 Å². The van der Waals surface area contributed by atoms with Crippen molar-refractivity contribution < 1.29 is 23.9 Å². The maximum absolute atomic E-state index is 12.0. The molecule has 14 nitrogen and oxygen atoms in total. The van der Waals surface area contributed by atoms with E-state index in [1.807, 2.05) is 36.5 Å². The molecule has 14 heteroatoms. The molecular weight excluding hydrogens is 867 g/mol. The highest BCUT2D eigenvalue weighted by Crippen LogP contribution is 2.33. The highest BCUT2D eigenvalue weighted by atomic mass is 16.5. The normalized spacial score (nSPS) is 15.3. The maximum Gasteiger partial charge on any atom is 0.267 e. The number of nitrogens with two attached hydrogens (primary N) is 3. The van der Waals surface area contributed by atoms with Gasteiger partial charge in [0.15, 0.2) is 0 Å². The van der Waals surface area contributed by atoms with Crippen LogP contribution in [0.25, 0.3) is 44.3 Å². The lowest BCUT2D eigenvalue weighted by Gasteiger charge is -2.09. The van der Waals surface area contributed by atoms with Gasteiger partial charge in [-0.1, -0.05) is 83.9 Å². The Kier molecular flexibility index (Phi) is 14.7. The van der Waals surface area contributed by atoms with Gasteiger partial charge in [-0.25, -0.2) is 9.97 Å². The van der Waals surface area contributed by atoms with Crippen molar-refractivity contribution >= 4 is 45.3 Å². The first-order valence-electron chi connectivity index (χ1n) is 23.1. The molecule has 2 fully saturated rings. The minimum atomic E-state index is -0.549. The Bertz CT molecular complexity index is 3160. The summed E-state index contributed by atoms with van der Waals surface area (Å²) in [5.74, 6) is 0.00299. The van der Waals surface area contributed by atoms with Crippen molar-refractivity contribution in [2.75, 3.05) is 13.7 Å². The number of Topliss-reactive ketones (excluding diaryl/α,β-unsaturated/α-hetero) is 1. The fraction of sp³-hybridized carbons (Fsp3) is 0.236. The van der Waals surface area contributed by atoms with E-state index in [4.69, 9.17) is 21.9 Å². The molecule has 4 aromatic heterocycles. The number of ether oxygens (including phenoxy) is 1. The second-order valence-corrected chi connectivity index (χ2v) is 17.6. The average Bonchev–Trinajstić information content (AvgIpc) is 4.14. The summed E-state index contributed by atoms with van der Waals surface area (Å²) in [6, 6.07) is 39.6. The zero-order valence-corrected chi connectivity index (χ0v) is 39.1. The molecule has 352 valence electrons. The first-order chi connectivity index (χ1) is 33.3. The third-order valence-corrected chi connectivity index (χ3v) is 12.5. The molecule has 69 heavy (non-hydrogen) atoms. The van der Waals surface area contributed by atoms with E-state index in [0.717, 1.165) is 76.6 Å². The number of nitrogens with one attached hydrogen (secondary N) is 2. The zero-order chi connectivity index (χ0) is 48.6. The minimum absolute atomic E-state index is 0.0524. The lowest BCUT2D eigenvalue weighted by atomic mass is 10.1. The van der Waals surface area contributed by atoms with Crippen molar-refractivity contribution in [1.29, 1.82) is 0 Å². The van der Waals surface area contributed by atoms with Crippen LogP contribution in [0.5, 0.6) is 5.75 Å². The van der Waals surface area contributed by atoms with Gasteiger partial charge < -0.3 is 41.7 Å². The largest absolute Gasteiger partial charge is 0.495 e. The number of fused-ring (bicyclic) bond motifs is 2. The van der Waals surface area contributed by atoms with E-state index in [0.29, 0.717) is 30.9 Å². The average molecular weight is 924 g/mol. The fourth-order valence-electron chi connectivity index (χ4n) is 8.63. The summed E-state index contributed by atoms with van der Waals surface area (Å²) in [5.41, 5.74) is 28.0. The van der Waals surface area contributed by atoms with Gasteiger partial charge in [0, 0.05) is 72.4 Å². The molecule has 1 unspecified atom stereocenters. The van der Waals surface area contributed by atoms with Crippen LogP contribution < -0.4 is 32.6 Å². The SMILES string of the molecule is COc1cn(Cc2ccc(C)cc2)c2ccc(-c3cccc(C(N)=O)n3)cc12.Cc1ccc(Cn2cc(CNC3CCNC3=O)c3cc(-c4cccc(C(N)=O)n4)ccc32)cc1.N[C@H]1CCCC1=O. The third kappa shape index (κ3) is 11.4. The monoisotopic (exact) mass is 923 g/mol. The molecule has 1 saturated carbocycles. The molecule has 0 spiro atoms. The number of aryl methyl sites for hydroxylation is 2. The number of hydrogen-bond donors (Lipinski definition) is 5. The van der Waals surface area contributed by atoms with Gasteiger partial charge in [-0.3, -0.25) is 19.2 Å². The van der Waals surface area contributed by atoms with Crippen molar-refractivity contribution in [3.8, 4) is 28.3 Å². The summed E-state index contributed by atoms with van der Waals surface area (Å²) in [6.45, 7) is 6.96. The predicted octanol–water partition coefficient (Wildman–Crippen LogP) is 7.37. The fourth-order valence-corrected chi connectivity index (χ4v) is 8.63. The number of benzene rings is 4. The number of nitrogens with zero attached hydrogens (tertiary/aromatic N) is 4. The van der Waals surface area contributed by atoms with Crippen LogP contribution in [0.4, 0.5) is 0 Å². The molecule has 5 heterocycles. The first-order valence-corrected chi connectivity index (χ1v) is 23.1. The van der Waals surface area contributed by atoms with Crippen LogP contribution in [0.15, 0.2) is 134 Å². The molecule has 3 amide bonds. The standard InChI is InChI=1S/C27H27N5O2.C23H21N3O2.C5H9NO/c1-17-5-7-18(8-6-17)15-32-16-20(14-30-24-11-12-29-27(24)34)21-13-19(9-10-25(21)32)22-3-2-4-23(31-22)26(28)33;1-15-6-8-16(9-7-15)13-26-14-22(28-2)18-12-17(10-11-21(18)26)19-4-3-5-20(25-19)23(24)27;6-4-2-1-3-5(4)7/h2-10,13,16,24,30H,11-12,14-15H2,1H3,(H2,28,33)(H,29,34);3-12,14H,13H2,1-2H3,(H2,24,27);4H,1-3,6H2/t;;4-/m..0/s1. The zero-order valence-electron chi connectivity index (χ0n) is 39.1. The second-order valence-electron chi connectivity index (χ2n) is 17.6. The van der Waals surface area contributed by atoms with Gasteiger partial charge in [-0.05, 0) is 98.3 Å². The Morgan fingerprint density at radius 2 is 1.25 bits per heavy atom. The molecule has 1 saturated heterocycles. The van der Waals surface area contributed by atoms with E-state index in [-0.39, 0.29) is 35.2 Å². The summed E-state index contributed by atoms with van der Waals surface area (Å²) >= 11 is 0. The molecule has 2 atom stereocenters. The Hall–Kier alpha value is -7.94. The van der Waals surface area contributed by atoms with E-state index in [1.165, 1.54) is 22.3 Å². The number of aromatic nitrogens is 4. The first kappa shape index (κ1) is 47.5. The van der Waals surface area contributed by atoms with Crippen molar-refractivity contribution in [3.63, 3.8) is 0 Å². The lowest BCUT2D eigenvalue weighted by molar-refractivity contribution is -0.121. The molecule has 0 bridgehead atoms. The topological polar surface area (TPSA) is 215 Å². The summed E-state index contributed by atoms with van der Waals surface area (Å²) in [7, 11) is 1.67. The molecule has 2 aliphatic rings. The number of carbonyl (C=O) groups is 4. The number of primary amides is 2. The predicted molar refractivity (Wildman–Crippen MR) is 270 cm³/mol. The van der Waals surface area contributed by atoms with Gasteiger partial charge in [0.2, 0.25) is 5.91 Å². The minimum Gasteiger partial charge on any atom is -0.495 e. The van der Waals surface area contributed by atoms with Gasteiger partial charge >= 0.3 is 0 Å². The van der Waals surface area contributed by atoms with Crippen LogP contribution in [-0.4, -0.2) is 68.3 Å². The molecule has 8 aromatic rings. The van der Waals surface area contributed by atoms with E-state index >= 15 is 0 Å². The van der Waals surface area contributed by atoms with Gasteiger partial charge in [0.1, 0.15) is 22.9 Å². The van der Waals surface area contributed by atoms with Gasteiger partial charge in [-0.2, -0.15) is 0 Å². The quantitative estimate of drug-likeness (QED) is 0.0826. The Morgan fingerprint density at radius 3 is 1.71 bits per heavy atom. The third-order valence-electron chi connectivity index (χ3n) is 12.5. The van der Waals surface area contributed by atoms with Crippen molar-refractivity contribution in [3.05, 3.63) is 173 Å². The Labute approximate surface area is 400 Å². The number of amides is 3. The number of carbonyl (C=O) groups excluding carboxylic acids is 4. The summed E-state index contributed by atoms with van der Waals surface area (Å²) in [5, 5.41) is 8.37. The van der Waals surface area contributed by atoms with E-state index in [2.05, 4.69) is 117 Å². The van der Waals surface area contributed by atoms with Gasteiger partial charge in [-0.15, -0.1) is 0 Å².